The van der Waals surface area contributed by atoms with Gasteiger partial charge < -0.3 is 4.98 Å². The van der Waals surface area contributed by atoms with E-state index in [1.807, 2.05) is 65.9 Å². The molecule has 2 aromatic rings. The number of Topliss-reactive ketones (excluding diaryl/α,β-unsaturated/α-hetero) is 1. The van der Waals surface area contributed by atoms with Crippen molar-refractivity contribution >= 4 is 16.7 Å². The molecular formula is C16H25NO. The number of hydrogen-bond acceptors (Lipinski definition) is 1. The summed E-state index contributed by atoms with van der Waals surface area (Å²) >= 11 is 0. The van der Waals surface area contributed by atoms with Gasteiger partial charge in [-0.05, 0) is 12.5 Å². The smallest absolute Gasteiger partial charge is 0.164 e. The molecule has 0 fully saturated rings. The molecule has 0 saturated heterocycles. The number of nitrogens with one attached hydrogen (secondary N) is 1. The predicted octanol–water partition coefficient (Wildman–Crippen LogP) is 5.12. The van der Waals surface area contributed by atoms with Crippen molar-refractivity contribution in [2.75, 3.05) is 0 Å². The van der Waals surface area contributed by atoms with Crippen LogP contribution in [0, 0.1) is 6.92 Å². The van der Waals surface area contributed by atoms with Crippen molar-refractivity contribution in [1.82, 2.24) is 4.98 Å². The fourth-order valence-corrected chi connectivity index (χ4v) is 1.73. The predicted molar refractivity (Wildman–Crippen MR) is 80.4 cm³/mol. The van der Waals surface area contributed by atoms with Crippen LogP contribution in [0.4, 0.5) is 0 Å². The van der Waals surface area contributed by atoms with E-state index in [2.05, 4.69) is 4.98 Å². The number of ketones is 1. The zero-order valence-electron chi connectivity index (χ0n) is 12.4. The normalized spacial score (nSPS) is 9.00. The van der Waals surface area contributed by atoms with Gasteiger partial charge in [-0.3, -0.25) is 4.79 Å². The highest BCUT2D eigenvalue weighted by atomic mass is 16.1. The number of benzene rings is 1. The Morgan fingerprint density at radius 3 is 2.33 bits per heavy atom. The molecule has 1 N–H and O–H groups in total. The van der Waals surface area contributed by atoms with Gasteiger partial charge in [0.1, 0.15) is 0 Å². The molecule has 0 aliphatic carbocycles. The summed E-state index contributed by atoms with van der Waals surface area (Å²) < 4.78 is 0. The molecule has 0 atom stereocenters. The van der Waals surface area contributed by atoms with Gasteiger partial charge in [0.05, 0.1) is 0 Å². The summed E-state index contributed by atoms with van der Waals surface area (Å²) in [6.45, 7) is 11.9. The Morgan fingerprint density at radius 1 is 1.17 bits per heavy atom. The molecular weight excluding hydrogens is 222 g/mol. The van der Waals surface area contributed by atoms with Crippen LogP contribution in [0.1, 0.15) is 57.0 Å². The number of fused-ring (bicyclic) bond motifs is 1. The molecule has 1 aromatic carbocycles. The van der Waals surface area contributed by atoms with Crippen LogP contribution in [0.2, 0.25) is 0 Å². The molecule has 100 valence electrons. The van der Waals surface area contributed by atoms with Crippen molar-refractivity contribution in [3.63, 3.8) is 0 Å². The van der Waals surface area contributed by atoms with Gasteiger partial charge in [-0.15, -0.1) is 0 Å². The maximum absolute atomic E-state index is 11.6. The number of hydrogen-bond donors (Lipinski definition) is 1. The Labute approximate surface area is 110 Å². The lowest BCUT2D eigenvalue weighted by atomic mass is 10.1. The molecule has 1 heterocycles. The van der Waals surface area contributed by atoms with E-state index in [1.54, 1.807) is 0 Å². The van der Waals surface area contributed by atoms with Crippen LogP contribution in [-0.2, 0) is 0 Å². The third-order valence-corrected chi connectivity index (χ3v) is 2.55. The monoisotopic (exact) mass is 247 g/mol. The van der Waals surface area contributed by atoms with Crippen molar-refractivity contribution in [2.45, 2.75) is 48.0 Å². The minimum absolute atomic E-state index is 0.196. The molecule has 1 aromatic heterocycles. The molecule has 0 aliphatic rings. The highest BCUT2D eigenvalue weighted by Gasteiger charge is 2.10. The highest BCUT2D eigenvalue weighted by Crippen LogP contribution is 2.21. The number of H-pyrrole nitrogens is 1. The molecule has 2 rings (SSSR count). The number of aromatic amines is 1. The zero-order chi connectivity index (χ0) is 14.1. The van der Waals surface area contributed by atoms with Crippen LogP contribution < -0.4 is 0 Å². The average Bonchev–Trinajstić information content (AvgIpc) is 2.88. The van der Waals surface area contributed by atoms with E-state index in [-0.39, 0.29) is 5.78 Å². The minimum Gasteiger partial charge on any atom is -0.360 e. The summed E-state index contributed by atoms with van der Waals surface area (Å²) in [5, 5.41) is 1.04. The minimum atomic E-state index is 0.196. The topological polar surface area (TPSA) is 32.9 Å². The maximum Gasteiger partial charge on any atom is 0.164 e. The Bertz CT molecular complexity index is 483. The van der Waals surface area contributed by atoms with E-state index in [0.717, 1.165) is 16.5 Å². The number of carbonyl (C=O) groups is 1. The Morgan fingerprint density at radius 2 is 1.78 bits per heavy atom. The van der Waals surface area contributed by atoms with Crippen LogP contribution in [0.5, 0.6) is 0 Å². The number of rotatable bonds is 2. The molecule has 0 amide bonds. The van der Waals surface area contributed by atoms with E-state index in [9.17, 15) is 4.79 Å². The van der Waals surface area contributed by atoms with E-state index < -0.39 is 0 Å². The molecule has 0 spiro atoms. The maximum atomic E-state index is 11.6. The molecule has 2 heteroatoms. The number of carbonyl (C=O) groups excluding carboxylic acids is 1. The molecule has 0 unspecified atom stereocenters. The van der Waals surface area contributed by atoms with Gasteiger partial charge in [0.15, 0.2) is 5.78 Å². The number of aryl methyl sites for hydroxylation is 1. The number of para-hydroxylation sites is 1. The van der Waals surface area contributed by atoms with Gasteiger partial charge in [0.2, 0.25) is 0 Å². The Kier molecular flexibility index (Phi) is 7.77. The fourth-order valence-electron chi connectivity index (χ4n) is 1.73. The van der Waals surface area contributed by atoms with Gasteiger partial charge in [0, 0.05) is 29.1 Å². The van der Waals surface area contributed by atoms with E-state index in [1.165, 1.54) is 5.56 Å². The summed E-state index contributed by atoms with van der Waals surface area (Å²) in [7, 11) is 0. The van der Waals surface area contributed by atoms with Crippen molar-refractivity contribution in [2.24, 2.45) is 0 Å². The lowest BCUT2D eigenvalue weighted by molar-refractivity contribution is 0.0990. The second kappa shape index (κ2) is 8.51. The molecule has 0 saturated carbocycles. The van der Waals surface area contributed by atoms with E-state index in [0.29, 0.717) is 6.42 Å². The Balaban J connectivity index is 0.000000659. The van der Waals surface area contributed by atoms with Gasteiger partial charge in [-0.25, -0.2) is 0 Å². The summed E-state index contributed by atoms with van der Waals surface area (Å²) in [5.74, 6) is 0.196. The van der Waals surface area contributed by atoms with E-state index in [4.69, 9.17) is 0 Å². The standard InChI is InChI=1S/C12H13NO.2C2H6/c1-3-11(14)10-7-13-12-8(2)5-4-6-9(10)12;2*1-2/h4-7,13H,3H2,1-2H3;2*1-2H3. The third-order valence-electron chi connectivity index (χ3n) is 2.55. The summed E-state index contributed by atoms with van der Waals surface area (Å²) in [4.78, 5) is 14.7. The second-order valence-electron chi connectivity index (χ2n) is 3.48. The lowest BCUT2D eigenvalue weighted by Crippen LogP contribution is -1.93. The summed E-state index contributed by atoms with van der Waals surface area (Å²) in [6.07, 6.45) is 2.37. The average molecular weight is 247 g/mol. The largest absolute Gasteiger partial charge is 0.360 e. The summed E-state index contributed by atoms with van der Waals surface area (Å²) in [5.41, 5.74) is 3.06. The zero-order valence-corrected chi connectivity index (χ0v) is 12.4. The van der Waals surface area contributed by atoms with Gasteiger partial charge >= 0.3 is 0 Å². The fraction of sp³-hybridized carbons (Fsp3) is 0.438. The SMILES string of the molecule is CC.CC.CCC(=O)c1c[nH]c2c(C)cccc12. The molecule has 18 heavy (non-hydrogen) atoms. The van der Waals surface area contributed by atoms with Crippen molar-refractivity contribution < 1.29 is 4.79 Å². The van der Waals surface area contributed by atoms with Crippen molar-refractivity contribution in [1.29, 1.82) is 0 Å². The van der Waals surface area contributed by atoms with Crippen LogP contribution in [0.15, 0.2) is 24.4 Å². The van der Waals surface area contributed by atoms with Crippen LogP contribution in [0.25, 0.3) is 10.9 Å². The molecule has 0 bridgehead atoms. The molecule has 0 aliphatic heterocycles. The first kappa shape index (κ1) is 16.4. The third kappa shape index (κ3) is 3.46. The first-order valence-electron chi connectivity index (χ1n) is 6.84. The molecule has 0 radical (unpaired) electrons. The van der Waals surface area contributed by atoms with Crippen molar-refractivity contribution in [3.05, 3.63) is 35.5 Å². The summed E-state index contributed by atoms with van der Waals surface area (Å²) in [6, 6.07) is 6.01. The second-order valence-corrected chi connectivity index (χ2v) is 3.48. The quantitative estimate of drug-likeness (QED) is 0.734. The van der Waals surface area contributed by atoms with Crippen LogP contribution in [0.3, 0.4) is 0 Å². The Hall–Kier alpha value is -1.57. The van der Waals surface area contributed by atoms with Gasteiger partial charge in [-0.1, -0.05) is 52.8 Å². The van der Waals surface area contributed by atoms with Gasteiger partial charge in [0.25, 0.3) is 0 Å². The first-order chi connectivity index (χ1) is 8.74. The number of aromatic nitrogens is 1. The van der Waals surface area contributed by atoms with E-state index >= 15 is 0 Å². The first-order valence-corrected chi connectivity index (χ1v) is 6.84. The van der Waals surface area contributed by atoms with Gasteiger partial charge in [-0.2, -0.15) is 0 Å². The lowest BCUT2D eigenvalue weighted by Gasteiger charge is -1.97. The highest BCUT2D eigenvalue weighted by molar-refractivity contribution is 6.08. The van der Waals surface area contributed by atoms with Crippen LogP contribution >= 0.6 is 0 Å². The van der Waals surface area contributed by atoms with Crippen molar-refractivity contribution in [3.8, 4) is 0 Å². The molecule has 2 nitrogen and oxygen atoms in total. The van der Waals surface area contributed by atoms with Crippen LogP contribution in [-0.4, -0.2) is 10.8 Å².